The fraction of sp³-hybridized carbons (Fsp3) is 0.778. The Labute approximate surface area is 68.3 Å². The lowest BCUT2D eigenvalue weighted by Crippen LogP contribution is -2.17. The van der Waals surface area contributed by atoms with Crippen LogP contribution in [0.3, 0.4) is 0 Å². The summed E-state index contributed by atoms with van der Waals surface area (Å²) in [5, 5.41) is 12.6. The smallest absolute Gasteiger partial charge is 0.0704 e. The van der Waals surface area contributed by atoms with E-state index in [1.54, 1.807) is 0 Å². The summed E-state index contributed by atoms with van der Waals surface area (Å²) in [6, 6.07) is 0. The Morgan fingerprint density at radius 1 is 1.64 bits per heavy atom. The van der Waals surface area contributed by atoms with Crippen molar-refractivity contribution in [3.8, 4) is 0 Å². The first-order chi connectivity index (χ1) is 5.20. The van der Waals surface area contributed by atoms with Gasteiger partial charge in [0.2, 0.25) is 0 Å². The summed E-state index contributed by atoms with van der Waals surface area (Å²) in [5.74, 6) is 0.451. The average molecular weight is 155 g/mol. The van der Waals surface area contributed by atoms with E-state index in [4.69, 9.17) is 0 Å². The van der Waals surface area contributed by atoms with Crippen LogP contribution in [0.25, 0.3) is 0 Å². The minimum absolute atomic E-state index is 0.130. The van der Waals surface area contributed by atoms with Crippen LogP contribution in [0.2, 0.25) is 0 Å². The highest BCUT2D eigenvalue weighted by Gasteiger charge is 2.23. The van der Waals surface area contributed by atoms with Gasteiger partial charge in [0, 0.05) is 13.1 Å². The van der Waals surface area contributed by atoms with Crippen molar-refractivity contribution in [2.24, 2.45) is 5.92 Å². The van der Waals surface area contributed by atoms with Crippen LogP contribution < -0.4 is 5.32 Å². The summed E-state index contributed by atoms with van der Waals surface area (Å²) in [6.45, 7) is 7.61. The van der Waals surface area contributed by atoms with Gasteiger partial charge >= 0.3 is 0 Å². The zero-order valence-corrected chi connectivity index (χ0v) is 7.14. The van der Waals surface area contributed by atoms with Crippen molar-refractivity contribution in [3.05, 3.63) is 12.2 Å². The maximum atomic E-state index is 9.41. The number of hydrogen-bond donors (Lipinski definition) is 2. The van der Waals surface area contributed by atoms with Crippen LogP contribution in [0.1, 0.15) is 19.8 Å². The van der Waals surface area contributed by atoms with Gasteiger partial charge in [0.25, 0.3) is 0 Å². The van der Waals surface area contributed by atoms with Crippen LogP contribution in [0.5, 0.6) is 0 Å². The molecule has 2 nitrogen and oxygen atoms in total. The van der Waals surface area contributed by atoms with Gasteiger partial charge in [0.15, 0.2) is 0 Å². The largest absolute Gasteiger partial charge is 0.391 e. The molecule has 0 bridgehead atoms. The first kappa shape index (κ1) is 8.75. The van der Waals surface area contributed by atoms with E-state index >= 15 is 0 Å². The van der Waals surface area contributed by atoms with Crippen molar-refractivity contribution in [1.29, 1.82) is 0 Å². The molecular formula is C9H17NO. The second-order valence-corrected chi connectivity index (χ2v) is 3.48. The summed E-state index contributed by atoms with van der Waals surface area (Å²) in [7, 11) is 0. The Balaban J connectivity index is 2.20. The molecule has 2 unspecified atom stereocenters. The first-order valence-corrected chi connectivity index (χ1v) is 4.23. The Bertz CT molecular complexity index is 144. The third-order valence-corrected chi connectivity index (χ3v) is 2.25. The molecule has 0 aromatic carbocycles. The maximum Gasteiger partial charge on any atom is 0.0704 e. The first-order valence-electron chi connectivity index (χ1n) is 4.23. The van der Waals surface area contributed by atoms with Crippen molar-refractivity contribution in [2.45, 2.75) is 25.9 Å². The van der Waals surface area contributed by atoms with Crippen molar-refractivity contribution in [1.82, 2.24) is 5.32 Å². The predicted molar refractivity (Wildman–Crippen MR) is 46.4 cm³/mol. The second-order valence-electron chi connectivity index (χ2n) is 3.48. The van der Waals surface area contributed by atoms with Crippen molar-refractivity contribution >= 4 is 0 Å². The quantitative estimate of drug-likeness (QED) is 0.594. The van der Waals surface area contributed by atoms with Crippen molar-refractivity contribution in [2.75, 3.05) is 13.1 Å². The van der Waals surface area contributed by atoms with E-state index in [0.717, 1.165) is 25.9 Å². The van der Waals surface area contributed by atoms with Gasteiger partial charge in [-0.05, 0) is 25.7 Å². The van der Waals surface area contributed by atoms with E-state index in [0.29, 0.717) is 5.92 Å². The van der Waals surface area contributed by atoms with Gasteiger partial charge in [0.1, 0.15) is 0 Å². The zero-order chi connectivity index (χ0) is 8.27. The monoisotopic (exact) mass is 155 g/mol. The number of β-amino-alcohol motifs (C(OH)–C–C–N with tert-alkyl or cyclic N) is 1. The van der Waals surface area contributed by atoms with Gasteiger partial charge in [0.05, 0.1) is 6.10 Å². The molecule has 1 aliphatic rings. The van der Waals surface area contributed by atoms with E-state index in [2.05, 4.69) is 11.9 Å². The molecule has 1 aliphatic heterocycles. The molecule has 1 heterocycles. The molecule has 0 amide bonds. The minimum atomic E-state index is -0.130. The fourth-order valence-corrected chi connectivity index (χ4v) is 1.45. The molecule has 0 saturated carbocycles. The lowest BCUT2D eigenvalue weighted by Gasteiger charge is -2.12. The van der Waals surface area contributed by atoms with Gasteiger partial charge in [-0.3, -0.25) is 0 Å². The number of nitrogens with one attached hydrogen (secondary N) is 1. The second kappa shape index (κ2) is 3.88. The van der Waals surface area contributed by atoms with E-state index in [9.17, 15) is 5.11 Å². The number of allylic oxidation sites excluding steroid dienone is 1. The molecular weight excluding hydrogens is 138 g/mol. The highest BCUT2D eigenvalue weighted by molar-refractivity contribution is 4.90. The predicted octanol–water partition coefficient (Wildman–Crippen LogP) is 0.923. The molecule has 0 radical (unpaired) electrons. The molecule has 2 N–H and O–H groups in total. The van der Waals surface area contributed by atoms with Gasteiger partial charge in [-0.2, -0.15) is 0 Å². The van der Waals surface area contributed by atoms with E-state index in [-0.39, 0.29) is 6.10 Å². The molecule has 0 aromatic rings. The molecule has 11 heavy (non-hydrogen) atoms. The standard InChI is InChI=1S/C9H17NO/c1-7(2)3-4-8-5-10-6-9(8)11/h8-11H,1,3-6H2,2H3. The number of aliphatic hydroxyl groups is 1. The maximum absolute atomic E-state index is 9.41. The summed E-state index contributed by atoms with van der Waals surface area (Å²) in [6.07, 6.45) is 1.99. The Morgan fingerprint density at radius 3 is 2.82 bits per heavy atom. The normalized spacial score (nSPS) is 30.7. The van der Waals surface area contributed by atoms with Crippen LogP contribution in [0.4, 0.5) is 0 Å². The van der Waals surface area contributed by atoms with E-state index in [1.807, 2.05) is 6.92 Å². The summed E-state index contributed by atoms with van der Waals surface area (Å²) in [4.78, 5) is 0. The van der Waals surface area contributed by atoms with E-state index in [1.165, 1.54) is 5.57 Å². The van der Waals surface area contributed by atoms with Crippen LogP contribution >= 0.6 is 0 Å². The molecule has 1 fully saturated rings. The minimum Gasteiger partial charge on any atom is -0.391 e. The van der Waals surface area contributed by atoms with E-state index < -0.39 is 0 Å². The number of aliphatic hydroxyl groups excluding tert-OH is 1. The molecule has 2 atom stereocenters. The Morgan fingerprint density at radius 2 is 2.36 bits per heavy atom. The molecule has 2 heteroatoms. The van der Waals surface area contributed by atoms with Crippen LogP contribution in [0.15, 0.2) is 12.2 Å². The highest BCUT2D eigenvalue weighted by atomic mass is 16.3. The van der Waals surface area contributed by atoms with Crippen LogP contribution in [0, 0.1) is 5.92 Å². The van der Waals surface area contributed by atoms with Gasteiger partial charge in [-0.1, -0.05) is 5.57 Å². The van der Waals surface area contributed by atoms with Gasteiger partial charge in [-0.25, -0.2) is 0 Å². The van der Waals surface area contributed by atoms with Crippen molar-refractivity contribution < 1.29 is 5.11 Å². The number of rotatable bonds is 3. The third kappa shape index (κ3) is 2.64. The lowest BCUT2D eigenvalue weighted by atomic mass is 9.98. The molecule has 0 spiro atoms. The van der Waals surface area contributed by atoms with Crippen molar-refractivity contribution in [3.63, 3.8) is 0 Å². The summed E-state index contributed by atoms with van der Waals surface area (Å²) < 4.78 is 0. The summed E-state index contributed by atoms with van der Waals surface area (Å²) >= 11 is 0. The SMILES string of the molecule is C=C(C)CCC1CNCC1O. The van der Waals surface area contributed by atoms with Gasteiger partial charge < -0.3 is 10.4 Å². The van der Waals surface area contributed by atoms with Crippen LogP contribution in [-0.2, 0) is 0 Å². The molecule has 1 saturated heterocycles. The lowest BCUT2D eigenvalue weighted by molar-refractivity contribution is 0.143. The molecule has 1 rings (SSSR count). The highest BCUT2D eigenvalue weighted by Crippen LogP contribution is 2.17. The molecule has 0 aromatic heterocycles. The Hall–Kier alpha value is -0.340. The molecule has 64 valence electrons. The summed E-state index contributed by atoms with van der Waals surface area (Å²) in [5.41, 5.74) is 1.21. The Kier molecular flexibility index (Phi) is 3.09. The topological polar surface area (TPSA) is 32.3 Å². The fourth-order valence-electron chi connectivity index (χ4n) is 1.45. The average Bonchev–Trinajstić information content (AvgIpc) is 2.31. The number of hydrogen-bond acceptors (Lipinski definition) is 2. The van der Waals surface area contributed by atoms with Crippen LogP contribution in [-0.4, -0.2) is 24.3 Å². The zero-order valence-electron chi connectivity index (χ0n) is 7.14. The third-order valence-electron chi connectivity index (χ3n) is 2.25. The van der Waals surface area contributed by atoms with Gasteiger partial charge in [-0.15, -0.1) is 6.58 Å². The molecule has 0 aliphatic carbocycles.